The van der Waals surface area contributed by atoms with E-state index in [1.165, 1.54) is 12.1 Å². The van der Waals surface area contributed by atoms with Crippen molar-refractivity contribution in [2.75, 3.05) is 11.9 Å². The Bertz CT molecular complexity index is 500. The monoisotopic (exact) mass is 289 g/mol. The Morgan fingerprint density at radius 2 is 2.05 bits per heavy atom. The summed E-state index contributed by atoms with van der Waals surface area (Å²) in [5, 5.41) is 11.2. The third-order valence-corrected chi connectivity index (χ3v) is 3.35. The van der Waals surface area contributed by atoms with Gasteiger partial charge in [-0.2, -0.15) is 13.2 Å². The predicted molar refractivity (Wildman–Crippen MR) is 72.1 cm³/mol. The molecule has 1 aromatic carbocycles. The Morgan fingerprint density at radius 1 is 1.45 bits per heavy atom. The van der Waals surface area contributed by atoms with Crippen molar-refractivity contribution in [2.24, 2.45) is 10.9 Å². The number of halogens is 3. The normalized spacial score (nSPS) is 14.2. The standard InChI is InChI=1S/C13H18F3N3O/c1-4-8(2)19(3)9-5-6-10(12(17)18-20)11(7-9)13(14,15)16/h5-8,20H,4H2,1-3H3,(H2,17,18). The van der Waals surface area contributed by atoms with Crippen LogP contribution in [0.25, 0.3) is 0 Å². The van der Waals surface area contributed by atoms with Gasteiger partial charge in [-0.1, -0.05) is 12.1 Å². The quantitative estimate of drug-likeness (QED) is 0.387. The number of hydrogen-bond donors (Lipinski definition) is 2. The van der Waals surface area contributed by atoms with Gasteiger partial charge in [0, 0.05) is 24.3 Å². The van der Waals surface area contributed by atoms with Crippen LogP contribution in [0.2, 0.25) is 0 Å². The second kappa shape index (κ2) is 6.02. The Morgan fingerprint density at radius 3 is 2.50 bits per heavy atom. The third kappa shape index (κ3) is 3.34. The molecule has 0 spiro atoms. The molecule has 0 heterocycles. The van der Waals surface area contributed by atoms with Crippen molar-refractivity contribution in [1.82, 2.24) is 0 Å². The molecule has 0 aromatic heterocycles. The number of anilines is 1. The zero-order valence-electron chi connectivity index (χ0n) is 11.6. The highest BCUT2D eigenvalue weighted by molar-refractivity contribution is 5.99. The topological polar surface area (TPSA) is 61.8 Å². The van der Waals surface area contributed by atoms with Gasteiger partial charge in [0.15, 0.2) is 5.84 Å². The lowest BCUT2D eigenvalue weighted by molar-refractivity contribution is -0.137. The molecule has 4 nitrogen and oxygen atoms in total. The van der Waals surface area contributed by atoms with Gasteiger partial charge in [-0.25, -0.2) is 0 Å². The molecule has 112 valence electrons. The largest absolute Gasteiger partial charge is 0.417 e. The van der Waals surface area contributed by atoms with Gasteiger partial charge in [-0.3, -0.25) is 0 Å². The molecule has 1 unspecified atom stereocenters. The number of benzene rings is 1. The van der Waals surface area contributed by atoms with E-state index in [4.69, 9.17) is 10.9 Å². The summed E-state index contributed by atoms with van der Waals surface area (Å²) in [5.41, 5.74) is 4.47. The van der Waals surface area contributed by atoms with Gasteiger partial charge in [0.05, 0.1) is 5.56 Å². The van der Waals surface area contributed by atoms with Crippen molar-refractivity contribution in [2.45, 2.75) is 32.5 Å². The number of nitrogens with zero attached hydrogens (tertiary/aromatic N) is 2. The van der Waals surface area contributed by atoms with Crippen LogP contribution in [0.15, 0.2) is 23.4 Å². The summed E-state index contributed by atoms with van der Waals surface area (Å²) in [5.74, 6) is -0.560. The average molecular weight is 289 g/mol. The first-order chi connectivity index (χ1) is 9.22. The molecule has 0 saturated carbocycles. The number of oxime groups is 1. The van der Waals surface area contributed by atoms with Gasteiger partial charge < -0.3 is 15.8 Å². The highest BCUT2D eigenvalue weighted by atomic mass is 19.4. The maximum Gasteiger partial charge on any atom is 0.417 e. The molecule has 1 aromatic rings. The number of amidine groups is 1. The van der Waals surface area contributed by atoms with E-state index in [1.54, 1.807) is 11.9 Å². The van der Waals surface area contributed by atoms with Crippen LogP contribution < -0.4 is 10.6 Å². The van der Waals surface area contributed by atoms with Crippen LogP contribution >= 0.6 is 0 Å². The van der Waals surface area contributed by atoms with Crippen molar-refractivity contribution in [1.29, 1.82) is 0 Å². The van der Waals surface area contributed by atoms with Crippen LogP contribution in [0, 0.1) is 0 Å². The lowest BCUT2D eigenvalue weighted by Gasteiger charge is -2.27. The Labute approximate surface area is 115 Å². The fraction of sp³-hybridized carbons (Fsp3) is 0.462. The summed E-state index contributed by atoms with van der Waals surface area (Å²) in [6, 6.07) is 3.85. The van der Waals surface area contributed by atoms with Gasteiger partial charge in [0.25, 0.3) is 0 Å². The van der Waals surface area contributed by atoms with Gasteiger partial charge >= 0.3 is 6.18 Å². The Balaban J connectivity index is 3.36. The summed E-state index contributed by atoms with van der Waals surface area (Å²) >= 11 is 0. The Hall–Kier alpha value is -1.92. The molecule has 7 heteroatoms. The van der Waals surface area contributed by atoms with E-state index in [0.29, 0.717) is 5.69 Å². The molecule has 20 heavy (non-hydrogen) atoms. The van der Waals surface area contributed by atoms with Crippen molar-refractivity contribution < 1.29 is 18.4 Å². The van der Waals surface area contributed by atoms with E-state index < -0.39 is 17.6 Å². The van der Waals surface area contributed by atoms with Crippen LogP contribution in [-0.4, -0.2) is 24.1 Å². The summed E-state index contributed by atoms with van der Waals surface area (Å²) < 4.78 is 39.2. The van der Waals surface area contributed by atoms with Crippen LogP contribution in [0.3, 0.4) is 0 Å². The van der Waals surface area contributed by atoms with Crippen molar-refractivity contribution in [3.63, 3.8) is 0 Å². The minimum Gasteiger partial charge on any atom is -0.409 e. The maximum absolute atomic E-state index is 13.1. The molecule has 0 saturated heterocycles. The van der Waals surface area contributed by atoms with E-state index in [9.17, 15) is 13.2 Å². The zero-order valence-corrected chi connectivity index (χ0v) is 11.6. The van der Waals surface area contributed by atoms with E-state index >= 15 is 0 Å². The first-order valence-electron chi connectivity index (χ1n) is 6.14. The molecule has 0 radical (unpaired) electrons. The molecule has 0 amide bonds. The van der Waals surface area contributed by atoms with Crippen LogP contribution in [0.5, 0.6) is 0 Å². The van der Waals surface area contributed by atoms with E-state index in [0.717, 1.165) is 12.5 Å². The molecule has 3 N–H and O–H groups in total. The molecule has 1 rings (SSSR count). The smallest absolute Gasteiger partial charge is 0.409 e. The summed E-state index contributed by atoms with van der Waals surface area (Å²) in [6.07, 6.45) is -3.77. The predicted octanol–water partition coefficient (Wildman–Crippen LogP) is 3.03. The lowest BCUT2D eigenvalue weighted by Crippen LogP contribution is -2.29. The Kier molecular flexibility index (Phi) is 4.86. The first kappa shape index (κ1) is 16.1. The maximum atomic E-state index is 13.1. The average Bonchev–Trinajstić information content (AvgIpc) is 2.43. The fourth-order valence-corrected chi connectivity index (χ4v) is 1.79. The molecule has 0 bridgehead atoms. The molecule has 0 aliphatic carbocycles. The highest BCUT2D eigenvalue weighted by Crippen LogP contribution is 2.34. The highest BCUT2D eigenvalue weighted by Gasteiger charge is 2.35. The zero-order chi connectivity index (χ0) is 15.5. The van der Waals surface area contributed by atoms with Gasteiger partial charge in [0.1, 0.15) is 0 Å². The van der Waals surface area contributed by atoms with Crippen LogP contribution in [0.1, 0.15) is 31.4 Å². The molecule has 0 aliphatic rings. The molecular formula is C13H18F3N3O. The second-order valence-electron chi connectivity index (χ2n) is 4.58. The van der Waals surface area contributed by atoms with Crippen molar-refractivity contribution in [3.05, 3.63) is 29.3 Å². The second-order valence-corrected chi connectivity index (χ2v) is 4.58. The fourth-order valence-electron chi connectivity index (χ4n) is 1.79. The van der Waals surface area contributed by atoms with E-state index in [-0.39, 0.29) is 11.6 Å². The summed E-state index contributed by atoms with van der Waals surface area (Å²) in [4.78, 5) is 1.76. The summed E-state index contributed by atoms with van der Waals surface area (Å²) in [7, 11) is 1.73. The molecule has 1 atom stereocenters. The summed E-state index contributed by atoms with van der Waals surface area (Å²) in [6.45, 7) is 3.88. The number of nitrogens with two attached hydrogens (primary N) is 1. The van der Waals surface area contributed by atoms with Crippen molar-refractivity contribution in [3.8, 4) is 0 Å². The third-order valence-electron chi connectivity index (χ3n) is 3.35. The molecule has 0 aliphatic heterocycles. The number of hydrogen-bond acceptors (Lipinski definition) is 3. The molecular weight excluding hydrogens is 271 g/mol. The van der Waals surface area contributed by atoms with E-state index in [1.807, 2.05) is 13.8 Å². The number of alkyl halides is 3. The SMILES string of the molecule is CCC(C)N(C)c1ccc(/C(N)=N/O)c(C(F)(F)F)c1. The molecule has 0 fully saturated rings. The van der Waals surface area contributed by atoms with Crippen LogP contribution in [0.4, 0.5) is 18.9 Å². The van der Waals surface area contributed by atoms with Crippen LogP contribution in [-0.2, 0) is 6.18 Å². The van der Waals surface area contributed by atoms with Gasteiger partial charge in [-0.05, 0) is 31.5 Å². The first-order valence-corrected chi connectivity index (χ1v) is 6.14. The minimum absolute atomic E-state index is 0.103. The van der Waals surface area contributed by atoms with Gasteiger partial charge in [-0.15, -0.1) is 0 Å². The number of rotatable bonds is 4. The van der Waals surface area contributed by atoms with E-state index in [2.05, 4.69) is 5.16 Å². The lowest BCUT2D eigenvalue weighted by atomic mass is 10.0. The minimum atomic E-state index is -4.57. The van der Waals surface area contributed by atoms with Crippen molar-refractivity contribution >= 4 is 11.5 Å². The van der Waals surface area contributed by atoms with Gasteiger partial charge in [0.2, 0.25) is 0 Å².